The number of hydrogen-bond donors (Lipinski definition) is 0. The second-order valence-corrected chi connectivity index (χ2v) is 3.05. The van der Waals surface area contributed by atoms with Gasteiger partial charge in [0.1, 0.15) is 24.7 Å². The molecule has 0 spiro atoms. The molecule has 0 atom stereocenters. The molecule has 1 aromatic heterocycles. The van der Waals surface area contributed by atoms with Crippen LogP contribution in [0.1, 0.15) is 10.5 Å². The van der Waals surface area contributed by atoms with Crippen LogP contribution in [0.2, 0.25) is 0 Å². The lowest BCUT2D eigenvalue weighted by Crippen LogP contribution is -2.19. The number of ether oxygens (including phenoxy) is 2. The lowest BCUT2D eigenvalue weighted by Gasteiger charge is -2.08. The van der Waals surface area contributed by atoms with E-state index in [9.17, 15) is 18.0 Å². The van der Waals surface area contributed by atoms with Crippen LogP contribution in [-0.4, -0.2) is 37.3 Å². The minimum atomic E-state index is -4.33. The maximum atomic E-state index is 11.7. The Morgan fingerprint density at radius 2 is 2.06 bits per heavy atom. The Morgan fingerprint density at radius 1 is 1.29 bits per heavy atom. The van der Waals surface area contributed by atoms with E-state index in [-0.39, 0.29) is 18.9 Å². The minimum Gasteiger partial charge on any atom is -0.490 e. The fraction of sp³-hybridized carbons (Fsp3) is 0.400. The Labute approximate surface area is 95.4 Å². The van der Waals surface area contributed by atoms with E-state index in [1.54, 1.807) is 0 Å². The predicted molar refractivity (Wildman–Crippen MR) is 52.0 cm³/mol. The highest BCUT2D eigenvalue weighted by Gasteiger charge is 2.27. The number of carbonyl (C=O) groups is 1. The van der Waals surface area contributed by atoms with E-state index in [1.165, 1.54) is 18.3 Å². The minimum absolute atomic E-state index is 0.0157. The third-order valence-corrected chi connectivity index (χ3v) is 1.64. The largest absolute Gasteiger partial charge is 0.490 e. The molecule has 0 unspecified atom stereocenters. The first-order valence-electron chi connectivity index (χ1n) is 4.70. The number of hydrogen-bond acceptors (Lipinski definition) is 4. The van der Waals surface area contributed by atoms with E-state index in [2.05, 4.69) is 9.72 Å². The van der Waals surface area contributed by atoms with Gasteiger partial charge in [0, 0.05) is 0 Å². The van der Waals surface area contributed by atoms with Crippen molar-refractivity contribution in [2.75, 3.05) is 19.8 Å². The lowest BCUT2D eigenvalue weighted by atomic mass is 10.4. The van der Waals surface area contributed by atoms with Crippen LogP contribution in [0.15, 0.2) is 18.3 Å². The summed E-state index contributed by atoms with van der Waals surface area (Å²) in [5.74, 6) is 0.367. The summed E-state index contributed by atoms with van der Waals surface area (Å²) in [4.78, 5) is 14.0. The van der Waals surface area contributed by atoms with Crippen molar-refractivity contribution in [3.8, 4) is 5.75 Å². The van der Waals surface area contributed by atoms with Crippen LogP contribution in [0.5, 0.6) is 5.75 Å². The summed E-state index contributed by atoms with van der Waals surface area (Å²) in [6.07, 6.45) is -2.43. The smallest absolute Gasteiger partial charge is 0.411 e. The Bertz CT molecular complexity index is 351. The molecule has 94 valence electrons. The summed E-state index contributed by atoms with van der Waals surface area (Å²) >= 11 is 0. The van der Waals surface area contributed by atoms with Crippen LogP contribution in [0.4, 0.5) is 13.2 Å². The summed E-state index contributed by atoms with van der Waals surface area (Å²) in [5.41, 5.74) is 0.255. The third-order valence-electron chi connectivity index (χ3n) is 1.64. The number of rotatable bonds is 6. The number of alkyl halides is 3. The van der Waals surface area contributed by atoms with Crippen molar-refractivity contribution in [2.45, 2.75) is 6.18 Å². The summed E-state index contributed by atoms with van der Waals surface area (Å²) < 4.78 is 44.4. The van der Waals surface area contributed by atoms with E-state index in [1.807, 2.05) is 0 Å². The van der Waals surface area contributed by atoms with Gasteiger partial charge in [-0.2, -0.15) is 13.2 Å². The van der Waals surface area contributed by atoms with Crippen LogP contribution >= 0.6 is 0 Å². The molecule has 0 aliphatic rings. The van der Waals surface area contributed by atoms with Gasteiger partial charge in [0.2, 0.25) is 0 Å². The second kappa shape index (κ2) is 6.19. The Morgan fingerprint density at radius 3 is 2.59 bits per heavy atom. The van der Waals surface area contributed by atoms with Crippen molar-refractivity contribution in [3.63, 3.8) is 0 Å². The summed E-state index contributed by atoms with van der Waals surface area (Å²) in [6, 6.07) is 2.94. The van der Waals surface area contributed by atoms with Gasteiger partial charge in [-0.05, 0) is 12.1 Å². The zero-order valence-corrected chi connectivity index (χ0v) is 8.74. The molecular formula is C10H10F3NO3. The number of aldehydes is 1. The zero-order chi connectivity index (χ0) is 12.7. The first-order chi connectivity index (χ1) is 8.01. The van der Waals surface area contributed by atoms with Crippen molar-refractivity contribution in [3.05, 3.63) is 24.0 Å². The molecule has 0 bridgehead atoms. The molecule has 1 rings (SSSR count). The molecule has 0 radical (unpaired) electrons. The molecule has 1 heterocycles. The first kappa shape index (κ1) is 13.4. The third kappa shape index (κ3) is 5.86. The fourth-order valence-electron chi connectivity index (χ4n) is 0.953. The van der Waals surface area contributed by atoms with Crippen LogP contribution in [0.25, 0.3) is 0 Å². The van der Waals surface area contributed by atoms with Gasteiger partial charge in [0.05, 0.1) is 12.8 Å². The maximum Gasteiger partial charge on any atom is 0.411 e. The van der Waals surface area contributed by atoms with Crippen LogP contribution in [0.3, 0.4) is 0 Å². The predicted octanol–water partition coefficient (Wildman–Crippen LogP) is 1.85. The molecule has 1 aromatic rings. The van der Waals surface area contributed by atoms with Crippen molar-refractivity contribution < 1.29 is 27.4 Å². The number of aromatic nitrogens is 1. The number of pyridine rings is 1. The van der Waals surface area contributed by atoms with Gasteiger partial charge in [-0.3, -0.25) is 4.79 Å². The molecule has 0 saturated carbocycles. The number of halogens is 3. The highest BCUT2D eigenvalue weighted by Crippen LogP contribution is 2.14. The Kier molecular flexibility index (Phi) is 4.89. The molecule has 0 saturated heterocycles. The molecule has 0 aliphatic heterocycles. The zero-order valence-electron chi connectivity index (χ0n) is 8.74. The quantitative estimate of drug-likeness (QED) is 0.570. The van der Waals surface area contributed by atoms with E-state index < -0.39 is 12.8 Å². The van der Waals surface area contributed by atoms with Gasteiger partial charge >= 0.3 is 6.18 Å². The first-order valence-corrected chi connectivity index (χ1v) is 4.70. The van der Waals surface area contributed by atoms with Crippen molar-refractivity contribution in [1.82, 2.24) is 4.98 Å². The monoisotopic (exact) mass is 249 g/mol. The van der Waals surface area contributed by atoms with Gasteiger partial charge in [0.15, 0.2) is 6.29 Å². The van der Waals surface area contributed by atoms with Gasteiger partial charge < -0.3 is 9.47 Å². The molecule has 0 N–H and O–H groups in total. The number of nitrogens with zero attached hydrogens (tertiary/aromatic N) is 1. The molecule has 0 fully saturated rings. The normalized spacial score (nSPS) is 11.2. The average molecular weight is 249 g/mol. The molecular weight excluding hydrogens is 239 g/mol. The van der Waals surface area contributed by atoms with Gasteiger partial charge in [-0.15, -0.1) is 0 Å². The summed E-state index contributed by atoms with van der Waals surface area (Å²) in [6.45, 7) is -1.48. The summed E-state index contributed by atoms with van der Waals surface area (Å²) in [7, 11) is 0. The van der Waals surface area contributed by atoms with E-state index in [4.69, 9.17) is 4.74 Å². The molecule has 7 heteroatoms. The highest BCUT2D eigenvalue weighted by atomic mass is 19.4. The lowest BCUT2D eigenvalue weighted by molar-refractivity contribution is -0.175. The van der Waals surface area contributed by atoms with Crippen LogP contribution < -0.4 is 4.74 Å². The van der Waals surface area contributed by atoms with Crippen molar-refractivity contribution in [1.29, 1.82) is 0 Å². The van der Waals surface area contributed by atoms with Crippen molar-refractivity contribution >= 4 is 6.29 Å². The van der Waals surface area contributed by atoms with Crippen LogP contribution in [0, 0.1) is 0 Å². The molecule has 0 aromatic carbocycles. The fourth-order valence-corrected chi connectivity index (χ4v) is 0.953. The molecule has 0 amide bonds. The highest BCUT2D eigenvalue weighted by molar-refractivity contribution is 5.71. The summed E-state index contributed by atoms with van der Waals surface area (Å²) in [5, 5.41) is 0. The van der Waals surface area contributed by atoms with Gasteiger partial charge in [-0.25, -0.2) is 4.98 Å². The van der Waals surface area contributed by atoms with Crippen molar-refractivity contribution in [2.24, 2.45) is 0 Å². The molecule has 17 heavy (non-hydrogen) atoms. The number of carbonyl (C=O) groups excluding carboxylic acids is 1. The standard InChI is InChI=1S/C10H10F3NO3/c11-10(12,13)7-16-3-4-17-9-2-1-8(6-15)14-5-9/h1-2,5-6H,3-4,7H2. The Balaban J connectivity index is 2.20. The molecule has 4 nitrogen and oxygen atoms in total. The van der Waals surface area contributed by atoms with Gasteiger partial charge in [-0.1, -0.05) is 0 Å². The topological polar surface area (TPSA) is 48.4 Å². The Hall–Kier alpha value is -1.63. The average Bonchev–Trinajstić information content (AvgIpc) is 2.28. The van der Waals surface area contributed by atoms with E-state index in [0.717, 1.165) is 0 Å². The SMILES string of the molecule is O=Cc1ccc(OCCOCC(F)(F)F)cn1. The van der Waals surface area contributed by atoms with Gasteiger partial charge in [0.25, 0.3) is 0 Å². The van der Waals surface area contributed by atoms with E-state index >= 15 is 0 Å². The maximum absolute atomic E-state index is 11.7. The van der Waals surface area contributed by atoms with E-state index in [0.29, 0.717) is 12.0 Å². The van der Waals surface area contributed by atoms with Crippen LogP contribution in [-0.2, 0) is 4.74 Å². The molecule has 0 aliphatic carbocycles. The second-order valence-electron chi connectivity index (χ2n) is 3.05.